The van der Waals surface area contributed by atoms with Crippen molar-refractivity contribution in [1.82, 2.24) is 4.90 Å². The van der Waals surface area contributed by atoms with Crippen molar-refractivity contribution in [2.75, 3.05) is 19.7 Å². The first-order chi connectivity index (χ1) is 10.6. The number of carboxylic acid groups (broad SMARTS) is 1. The van der Waals surface area contributed by atoms with Crippen LogP contribution >= 0.6 is 0 Å². The van der Waals surface area contributed by atoms with Crippen molar-refractivity contribution in [3.8, 4) is 5.75 Å². The maximum atomic E-state index is 11.7. The van der Waals surface area contributed by atoms with Gasteiger partial charge in [-0.15, -0.1) is 0 Å². The highest BCUT2D eigenvalue weighted by atomic mass is 16.5. The van der Waals surface area contributed by atoms with Crippen LogP contribution in [0.5, 0.6) is 5.75 Å². The lowest BCUT2D eigenvalue weighted by molar-refractivity contribution is -0.153. The van der Waals surface area contributed by atoms with Gasteiger partial charge >= 0.3 is 5.97 Å². The molecule has 1 unspecified atom stereocenters. The van der Waals surface area contributed by atoms with Crippen LogP contribution in [0.4, 0.5) is 0 Å². The molecular weight excluding hydrogens is 278 g/mol. The predicted octanol–water partition coefficient (Wildman–Crippen LogP) is 3.09. The topological polar surface area (TPSA) is 49.8 Å². The van der Waals surface area contributed by atoms with Gasteiger partial charge in [0, 0.05) is 13.1 Å². The van der Waals surface area contributed by atoms with Gasteiger partial charge in [0.2, 0.25) is 0 Å². The number of rotatable bonds is 4. The molecule has 2 aliphatic rings. The van der Waals surface area contributed by atoms with Gasteiger partial charge in [0.15, 0.2) is 0 Å². The molecule has 2 heterocycles. The van der Waals surface area contributed by atoms with Crippen molar-refractivity contribution in [2.45, 2.75) is 45.6 Å². The molecule has 1 atom stereocenters. The van der Waals surface area contributed by atoms with E-state index in [1.165, 1.54) is 11.1 Å². The van der Waals surface area contributed by atoms with Crippen molar-refractivity contribution < 1.29 is 14.6 Å². The number of fused-ring (bicyclic) bond motifs is 1. The summed E-state index contributed by atoms with van der Waals surface area (Å²) in [5, 5.41) is 9.59. The molecular formula is C18H25NO3. The molecule has 0 bridgehead atoms. The maximum absolute atomic E-state index is 11.7. The lowest BCUT2D eigenvalue weighted by Gasteiger charge is -2.39. The Morgan fingerprint density at radius 2 is 2.27 bits per heavy atom. The number of aryl methyl sites for hydroxylation is 1. The number of carboxylic acids is 1. The second-order valence-corrected chi connectivity index (χ2v) is 6.65. The first-order valence-electron chi connectivity index (χ1n) is 8.33. The molecule has 0 aromatic heterocycles. The van der Waals surface area contributed by atoms with E-state index in [-0.39, 0.29) is 0 Å². The van der Waals surface area contributed by atoms with E-state index in [1.807, 2.05) is 6.92 Å². The van der Waals surface area contributed by atoms with Gasteiger partial charge in [0.05, 0.1) is 12.0 Å². The number of hydrogen-bond donors (Lipinski definition) is 1. The van der Waals surface area contributed by atoms with Gasteiger partial charge in [0.1, 0.15) is 5.75 Å². The van der Waals surface area contributed by atoms with Crippen molar-refractivity contribution in [1.29, 1.82) is 0 Å². The molecule has 22 heavy (non-hydrogen) atoms. The Balaban J connectivity index is 1.71. The Morgan fingerprint density at radius 3 is 3.05 bits per heavy atom. The molecule has 0 radical (unpaired) electrons. The van der Waals surface area contributed by atoms with Crippen molar-refractivity contribution in [3.05, 3.63) is 29.3 Å². The third kappa shape index (κ3) is 2.98. The van der Waals surface area contributed by atoms with E-state index in [0.717, 1.165) is 51.1 Å². The summed E-state index contributed by atoms with van der Waals surface area (Å²) in [6.45, 7) is 5.29. The number of likely N-dealkylation sites (tertiary alicyclic amines) is 1. The molecule has 4 nitrogen and oxygen atoms in total. The van der Waals surface area contributed by atoms with E-state index >= 15 is 0 Å². The van der Waals surface area contributed by atoms with E-state index in [9.17, 15) is 9.90 Å². The van der Waals surface area contributed by atoms with Crippen LogP contribution in [-0.4, -0.2) is 35.7 Å². The van der Waals surface area contributed by atoms with Crippen LogP contribution < -0.4 is 4.74 Å². The predicted molar refractivity (Wildman–Crippen MR) is 85.1 cm³/mol. The van der Waals surface area contributed by atoms with Crippen LogP contribution in [0, 0.1) is 5.41 Å². The zero-order valence-corrected chi connectivity index (χ0v) is 13.3. The maximum Gasteiger partial charge on any atom is 0.310 e. The summed E-state index contributed by atoms with van der Waals surface area (Å²) in [6.07, 6.45) is 4.63. The third-order valence-corrected chi connectivity index (χ3v) is 5.17. The number of benzene rings is 1. The summed E-state index contributed by atoms with van der Waals surface area (Å²) in [6, 6.07) is 6.42. The van der Waals surface area contributed by atoms with Gasteiger partial charge in [-0.2, -0.15) is 0 Å². The standard InChI is InChI=1S/C18H25NO3/c1-2-18(17(20)21)8-4-9-19(13-18)12-14-6-7-16-15(11-14)5-3-10-22-16/h6-7,11H,2-5,8-10,12-13H2,1H3,(H,20,21). The van der Waals surface area contributed by atoms with Crippen molar-refractivity contribution in [3.63, 3.8) is 0 Å². The van der Waals surface area contributed by atoms with Crippen LogP contribution in [0.15, 0.2) is 18.2 Å². The summed E-state index contributed by atoms with van der Waals surface area (Å²) in [5.41, 5.74) is 2.00. The van der Waals surface area contributed by atoms with E-state index in [1.54, 1.807) is 0 Å². The highest BCUT2D eigenvalue weighted by molar-refractivity contribution is 5.75. The van der Waals surface area contributed by atoms with Gasteiger partial charge in [-0.05, 0) is 55.8 Å². The fourth-order valence-electron chi connectivity index (χ4n) is 3.75. The first kappa shape index (κ1) is 15.3. The molecule has 120 valence electrons. The lowest BCUT2D eigenvalue weighted by Crippen LogP contribution is -2.47. The molecule has 1 aromatic carbocycles. The van der Waals surface area contributed by atoms with Crippen molar-refractivity contribution in [2.24, 2.45) is 5.41 Å². The van der Waals surface area contributed by atoms with Crippen LogP contribution in [0.25, 0.3) is 0 Å². The highest BCUT2D eigenvalue weighted by Gasteiger charge is 2.40. The highest BCUT2D eigenvalue weighted by Crippen LogP contribution is 2.34. The van der Waals surface area contributed by atoms with E-state index in [4.69, 9.17) is 4.74 Å². The number of ether oxygens (including phenoxy) is 1. The summed E-state index contributed by atoms with van der Waals surface area (Å²) in [4.78, 5) is 14.0. The van der Waals surface area contributed by atoms with Crippen LogP contribution in [0.2, 0.25) is 0 Å². The monoisotopic (exact) mass is 303 g/mol. The summed E-state index contributed by atoms with van der Waals surface area (Å²) in [5.74, 6) is 0.376. The largest absolute Gasteiger partial charge is 0.493 e. The Bertz CT molecular complexity index is 557. The third-order valence-electron chi connectivity index (χ3n) is 5.17. The van der Waals surface area contributed by atoms with E-state index < -0.39 is 11.4 Å². The second kappa shape index (κ2) is 6.29. The van der Waals surface area contributed by atoms with Crippen LogP contribution in [-0.2, 0) is 17.8 Å². The molecule has 2 aliphatic heterocycles. The number of nitrogens with zero attached hydrogens (tertiary/aromatic N) is 1. The minimum Gasteiger partial charge on any atom is -0.493 e. The zero-order valence-electron chi connectivity index (χ0n) is 13.3. The average Bonchev–Trinajstić information content (AvgIpc) is 2.54. The normalized spacial score (nSPS) is 25.3. The number of hydrogen-bond acceptors (Lipinski definition) is 3. The molecule has 3 rings (SSSR count). The molecule has 4 heteroatoms. The minimum absolute atomic E-state index is 0.560. The Morgan fingerprint density at radius 1 is 1.41 bits per heavy atom. The fourth-order valence-corrected chi connectivity index (χ4v) is 3.75. The average molecular weight is 303 g/mol. The molecule has 1 N–H and O–H groups in total. The number of piperidine rings is 1. The smallest absolute Gasteiger partial charge is 0.310 e. The van der Waals surface area contributed by atoms with Gasteiger partial charge < -0.3 is 9.84 Å². The quantitative estimate of drug-likeness (QED) is 0.928. The Labute approximate surface area is 132 Å². The summed E-state index contributed by atoms with van der Waals surface area (Å²) < 4.78 is 5.66. The van der Waals surface area contributed by atoms with Crippen molar-refractivity contribution >= 4 is 5.97 Å². The van der Waals surface area contributed by atoms with Gasteiger partial charge in [-0.3, -0.25) is 9.69 Å². The van der Waals surface area contributed by atoms with E-state index in [2.05, 4.69) is 23.1 Å². The Kier molecular flexibility index (Phi) is 4.39. The fraction of sp³-hybridized carbons (Fsp3) is 0.611. The second-order valence-electron chi connectivity index (χ2n) is 6.65. The molecule has 1 fully saturated rings. The Hall–Kier alpha value is -1.55. The summed E-state index contributed by atoms with van der Waals surface area (Å²) in [7, 11) is 0. The number of carbonyl (C=O) groups is 1. The summed E-state index contributed by atoms with van der Waals surface area (Å²) >= 11 is 0. The van der Waals surface area contributed by atoms with Gasteiger partial charge in [0.25, 0.3) is 0 Å². The lowest BCUT2D eigenvalue weighted by atomic mass is 9.77. The zero-order chi connectivity index (χ0) is 15.6. The molecule has 0 saturated carbocycles. The molecule has 0 aliphatic carbocycles. The molecule has 0 amide bonds. The SMILES string of the molecule is CCC1(C(=O)O)CCCN(Cc2ccc3c(c2)CCCO3)C1. The number of aliphatic carboxylic acids is 1. The minimum atomic E-state index is -0.640. The van der Waals surface area contributed by atoms with Crippen LogP contribution in [0.3, 0.4) is 0 Å². The molecule has 1 saturated heterocycles. The molecule has 0 spiro atoms. The van der Waals surface area contributed by atoms with Crippen LogP contribution in [0.1, 0.15) is 43.7 Å². The van der Waals surface area contributed by atoms with E-state index in [0.29, 0.717) is 13.0 Å². The molecule has 1 aromatic rings. The first-order valence-corrected chi connectivity index (χ1v) is 8.33. The van der Waals surface area contributed by atoms with Gasteiger partial charge in [-0.1, -0.05) is 19.1 Å². The van der Waals surface area contributed by atoms with Gasteiger partial charge in [-0.25, -0.2) is 0 Å².